The van der Waals surface area contributed by atoms with E-state index in [4.69, 9.17) is 26.8 Å². The van der Waals surface area contributed by atoms with Crippen molar-refractivity contribution >= 4 is 40.4 Å². The summed E-state index contributed by atoms with van der Waals surface area (Å²) in [5.41, 5.74) is -4.57. The fraction of sp³-hybridized carbons (Fsp3) is 0.500. The second-order valence-electron chi connectivity index (χ2n) is 7.95. The molecule has 6 atom stereocenters. The summed E-state index contributed by atoms with van der Waals surface area (Å²) in [4.78, 5) is 60.5. The van der Waals surface area contributed by atoms with Gasteiger partial charge in [0, 0.05) is 11.1 Å². The second kappa shape index (κ2) is 9.09. The lowest BCUT2D eigenvalue weighted by Gasteiger charge is -2.58. The Morgan fingerprint density at radius 3 is 2.12 bits per heavy atom. The van der Waals surface area contributed by atoms with E-state index in [9.17, 15) is 44.6 Å². The number of aliphatic hydroxyl groups excluding tert-OH is 1. The second-order valence-corrected chi connectivity index (χ2v) is 8.38. The molecule has 34 heavy (non-hydrogen) atoms. The first-order chi connectivity index (χ1) is 15.5. The zero-order chi connectivity index (χ0) is 26.4. The van der Waals surface area contributed by atoms with Crippen molar-refractivity contribution in [2.45, 2.75) is 62.9 Å². The molecule has 0 aromatic heterocycles. The summed E-state index contributed by atoms with van der Waals surface area (Å²) < 4.78 is 10.8. The van der Waals surface area contributed by atoms with Crippen LogP contribution in [0, 0.1) is 10.1 Å². The Morgan fingerprint density at radius 1 is 1.15 bits per heavy atom. The third kappa shape index (κ3) is 3.79. The van der Waals surface area contributed by atoms with E-state index < -0.39 is 74.7 Å². The Morgan fingerprint density at radius 2 is 1.71 bits per heavy atom. The minimum atomic E-state index is -3.51. The molecule has 0 spiro atoms. The van der Waals surface area contributed by atoms with Crippen LogP contribution in [0.15, 0.2) is 18.2 Å². The van der Waals surface area contributed by atoms with Gasteiger partial charge in [0.1, 0.15) is 12.2 Å². The van der Waals surface area contributed by atoms with Gasteiger partial charge in [0.15, 0.2) is 45.6 Å². The molecule has 1 aromatic carbocycles. The number of ether oxygens (including phenoxy) is 2. The number of nitro groups is 1. The maximum absolute atomic E-state index is 12.7. The molecule has 0 radical (unpaired) electrons. The molecule has 0 amide bonds. The number of nitrogens with zero attached hydrogens (tertiary/aromatic N) is 1. The van der Waals surface area contributed by atoms with Gasteiger partial charge in [0.25, 0.3) is 0 Å². The van der Waals surface area contributed by atoms with Gasteiger partial charge >= 0.3 is 5.69 Å². The Balaban J connectivity index is 2.88. The maximum atomic E-state index is 12.7. The minimum absolute atomic E-state index is 0.0646. The molecule has 5 N–H and O–H groups in total. The third-order valence-corrected chi connectivity index (χ3v) is 6.12. The van der Waals surface area contributed by atoms with Gasteiger partial charge in [-0.3, -0.25) is 29.3 Å². The molecule has 14 heteroatoms. The summed E-state index contributed by atoms with van der Waals surface area (Å²) in [5.74, 6) is -5.67. The average Bonchev–Trinajstić information content (AvgIpc) is 2.73. The highest BCUT2D eigenvalue weighted by molar-refractivity contribution is 6.30. The van der Waals surface area contributed by atoms with Crippen LogP contribution >= 0.6 is 11.6 Å². The van der Waals surface area contributed by atoms with Crippen LogP contribution in [0.2, 0.25) is 5.02 Å². The van der Waals surface area contributed by atoms with Gasteiger partial charge in [-0.1, -0.05) is 11.6 Å². The van der Waals surface area contributed by atoms with Gasteiger partial charge in [-0.25, -0.2) is 0 Å². The largest absolute Gasteiger partial charge is 0.455 e. The molecule has 186 valence electrons. The number of aliphatic hydroxyl groups is 3. The molecule has 0 bridgehead atoms. The van der Waals surface area contributed by atoms with Crippen LogP contribution in [-0.4, -0.2) is 78.6 Å². The van der Waals surface area contributed by atoms with Crippen LogP contribution in [0.4, 0.5) is 5.69 Å². The summed E-state index contributed by atoms with van der Waals surface area (Å²) in [6, 6.07) is 3.06. The first-order valence-corrected chi connectivity index (χ1v) is 10.1. The van der Waals surface area contributed by atoms with Crippen LogP contribution in [0.1, 0.15) is 27.7 Å². The van der Waals surface area contributed by atoms with E-state index in [1.54, 1.807) is 0 Å². The Kier molecular flexibility index (Phi) is 7.34. The Labute approximate surface area is 197 Å². The number of hydrogen-bond donors (Lipinski definition) is 4. The summed E-state index contributed by atoms with van der Waals surface area (Å²) in [5, 5.41) is 44.6. The van der Waals surface area contributed by atoms with Crippen molar-refractivity contribution in [3.05, 3.63) is 33.3 Å². The fourth-order valence-electron chi connectivity index (χ4n) is 3.95. The van der Waals surface area contributed by atoms with E-state index in [2.05, 4.69) is 0 Å². The highest BCUT2D eigenvalue weighted by atomic mass is 35.5. The molecule has 1 aliphatic rings. The number of carbonyl (C=O) groups is 4. The van der Waals surface area contributed by atoms with Crippen molar-refractivity contribution in [2.75, 3.05) is 0 Å². The minimum Gasteiger partial charge on any atom is -0.455 e. The summed E-state index contributed by atoms with van der Waals surface area (Å²) >= 11 is 5.77. The van der Waals surface area contributed by atoms with Crippen molar-refractivity contribution in [3.63, 3.8) is 0 Å². The zero-order valence-electron chi connectivity index (χ0n) is 18.5. The Bertz CT molecular complexity index is 1080. The third-order valence-electron chi connectivity index (χ3n) is 5.89. The molecule has 1 heterocycles. The number of Topliss-reactive ketones (excluding diaryl/α,β-unsaturated/α-hetero) is 4. The molecule has 13 nitrogen and oxygen atoms in total. The molecular formula is C20H23ClN2O11. The van der Waals surface area contributed by atoms with Crippen LogP contribution in [0.3, 0.4) is 0 Å². The molecule has 1 saturated heterocycles. The van der Waals surface area contributed by atoms with Crippen molar-refractivity contribution in [2.24, 2.45) is 5.73 Å². The molecule has 2 rings (SSSR count). The molecule has 1 aliphatic heterocycles. The number of carbonyl (C=O) groups excluding carboxylic acids is 4. The van der Waals surface area contributed by atoms with Crippen LogP contribution in [0.25, 0.3) is 0 Å². The molecule has 1 fully saturated rings. The van der Waals surface area contributed by atoms with E-state index >= 15 is 0 Å². The normalized spacial score (nSPS) is 31.9. The number of halogens is 1. The SMILES string of the molecule is CC(=O)C(O)[C@H]1O[C@@H](Oc2ccc(Cl)cc2[N+](=O)[O-])[C@@](N)(C(C)=O)[C@](O)(C(C)=O)[C@@]1(O)C(C)=O. The molecule has 0 aliphatic carbocycles. The number of nitro benzene ring substituents is 1. The highest BCUT2D eigenvalue weighted by Crippen LogP contribution is 2.47. The summed E-state index contributed by atoms with van der Waals surface area (Å²) in [6.07, 6.45) is -7.01. The average molecular weight is 503 g/mol. The fourth-order valence-corrected chi connectivity index (χ4v) is 4.12. The van der Waals surface area contributed by atoms with Crippen molar-refractivity contribution in [1.29, 1.82) is 0 Å². The van der Waals surface area contributed by atoms with E-state index in [0.29, 0.717) is 13.8 Å². The lowest BCUT2D eigenvalue weighted by molar-refractivity contribution is -0.387. The molecular weight excluding hydrogens is 480 g/mol. The van der Waals surface area contributed by atoms with Gasteiger partial charge < -0.3 is 30.5 Å². The lowest BCUT2D eigenvalue weighted by atomic mass is 9.59. The first kappa shape index (κ1) is 27.4. The van der Waals surface area contributed by atoms with Crippen LogP contribution < -0.4 is 10.5 Å². The van der Waals surface area contributed by atoms with Gasteiger partial charge in [0.05, 0.1) is 4.92 Å². The predicted octanol–water partition coefficient (Wildman–Crippen LogP) is -0.771. The quantitative estimate of drug-likeness (QED) is 0.254. The van der Waals surface area contributed by atoms with Gasteiger partial charge in [-0.15, -0.1) is 0 Å². The van der Waals surface area contributed by atoms with Gasteiger partial charge in [-0.05, 0) is 39.8 Å². The maximum Gasteiger partial charge on any atom is 0.312 e. The zero-order valence-corrected chi connectivity index (χ0v) is 19.2. The smallest absolute Gasteiger partial charge is 0.312 e. The van der Waals surface area contributed by atoms with Gasteiger partial charge in [-0.2, -0.15) is 0 Å². The summed E-state index contributed by atoms with van der Waals surface area (Å²) in [6.45, 7) is 3.05. The van der Waals surface area contributed by atoms with Crippen LogP contribution in [-0.2, 0) is 23.9 Å². The van der Waals surface area contributed by atoms with E-state index in [-0.39, 0.29) is 5.02 Å². The lowest BCUT2D eigenvalue weighted by Crippen LogP contribution is -2.90. The van der Waals surface area contributed by atoms with E-state index in [1.165, 1.54) is 6.07 Å². The first-order valence-electron chi connectivity index (χ1n) is 9.69. The number of rotatable bonds is 8. The standard InChI is InChI=1S/C20H23ClN2O11/c1-8(24)15(28)16-19(29,10(3)26)20(30,11(4)27)18(22,9(2)25)17(34-16)33-14-6-5-12(21)7-13(14)23(31)32/h5-7,15-17,28-30H,22H2,1-4H3/t15?,16-,17-,18+,19-,20-/m1/s1. The number of benzene rings is 1. The van der Waals surface area contributed by atoms with E-state index in [0.717, 1.165) is 26.0 Å². The number of hydrogen-bond acceptors (Lipinski definition) is 12. The van der Waals surface area contributed by atoms with Crippen molar-refractivity contribution in [1.82, 2.24) is 0 Å². The van der Waals surface area contributed by atoms with Crippen molar-refractivity contribution < 1.29 is 48.9 Å². The highest BCUT2D eigenvalue weighted by Gasteiger charge is 2.79. The Hall–Kier alpha value is -2.81. The summed E-state index contributed by atoms with van der Waals surface area (Å²) in [7, 11) is 0. The van der Waals surface area contributed by atoms with Crippen LogP contribution in [0.5, 0.6) is 5.75 Å². The molecule has 1 aromatic rings. The van der Waals surface area contributed by atoms with Crippen molar-refractivity contribution in [3.8, 4) is 5.75 Å². The predicted molar refractivity (Wildman–Crippen MR) is 113 cm³/mol. The van der Waals surface area contributed by atoms with E-state index in [1.807, 2.05) is 0 Å². The topological polar surface area (TPSA) is 217 Å². The molecule has 0 saturated carbocycles. The monoisotopic (exact) mass is 502 g/mol. The number of ketones is 4. The van der Waals surface area contributed by atoms with Gasteiger partial charge in [0.2, 0.25) is 6.29 Å². The molecule has 1 unspecified atom stereocenters. The number of nitrogens with two attached hydrogens (primary N) is 1.